The molecule has 130 valence electrons. The second kappa shape index (κ2) is 11.0. The molecule has 6 heteroatoms. The van der Waals surface area contributed by atoms with Gasteiger partial charge in [0.1, 0.15) is 6.04 Å². The molecule has 1 aromatic rings. The van der Waals surface area contributed by atoms with Gasteiger partial charge in [0.25, 0.3) is 5.91 Å². The number of nitrogens with one attached hydrogen (secondary N) is 3. The first-order chi connectivity index (χ1) is 10.5. The fourth-order valence-electron chi connectivity index (χ4n) is 2.14. The third-order valence-corrected chi connectivity index (χ3v) is 3.48. The number of amides is 2. The van der Waals surface area contributed by atoms with Crippen molar-refractivity contribution in [3.05, 3.63) is 35.4 Å². The highest BCUT2D eigenvalue weighted by molar-refractivity contribution is 5.98. The van der Waals surface area contributed by atoms with Gasteiger partial charge in [0.05, 0.1) is 0 Å². The van der Waals surface area contributed by atoms with Gasteiger partial charge in [-0.05, 0) is 31.0 Å². The van der Waals surface area contributed by atoms with Crippen LogP contribution in [0.3, 0.4) is 0 Å². The van der Waals surface area contributed by atoms with Crippen LogP contribution in [0.4, 0.5) is 0 Å². The standard InChI is InChI=1S/C17H27N3O2.ClH/c1-5-18-10-11-19-17(22)15(12(2)3)20-16(21)14-9-7-6-8-13(14)4;/h6-9,12,15,18H,5,10-11H2,1-4H3,(H,19,22)(H,20,21);1H. The molecule has 0 bridgehead atoms. The van der Waals surface area contributed by atoms with E-state index in [1.165, 1.54) is 0 Å². The van der Waals surface area contributed by atoms with Crippen LogP contribution in [0.2, 0.25) is 0 Å². The minimum Gasteiger partial charge on any atom is -0.353 e. The lowest BCUT2D eigenvalue weighted by Crippen LogP contribution is -2.50. The van der Waals surface area contributed by atoms with Crippen LogP contribution in [0.5, 0.6) is 0 Å². The van der Waals surface area contributed by atoms with Crippen molar-refractivity contribution >= 4 is 24.2 Å². The normalized spacial score (nSPS) is 11.5. The second-order valence-electron chi connectivity index (χ2n) is 5.65. The lowest BCUT2D eigenvalue weighted by Gasteiger charge is -2.22. The molecule has 0 fully saturated rings. The number of halogens is 1. The highest BCUT2D eigenvalue weighted by atomic mass is 35.5. The van der Waals surface area contributed by atoms with Crippen LogP contribution in [0, 0.1) is 12.8 Å². The second-order valence-corrected chi connectivity index (χ2v) is 5.65. The number of carbonyl (C=O) groups is 2. The molecule has 1 atom stereocenters. The Hall–Kier alpha value is -1.59. The zero-order valence-corrected chi connectivity index (χ0v) is 15.1. The molecule has 0 saturated carbocycles. The van der Waals surface area contributed by atoms with Gasteiger partial charge in [-0.2, -0.15) is 0 Å². The van der Waals surface area contributed by atoms with Crippen molar-refractivity contribution in [3.63, 3.8) is 0 Å². The van der Waals surface area contributed by atoms with Crippen molar-refractivity contribution in [1.29, 1.82) is 0 Å². The predicted octanol–water partition coefficient (Wildman–Crippen LogP) is 1.90. The Labute approximate surface area is 145 Å². The van der Waals surface area contributed by atoms with E-state index in [0.717, 1.165) is 18.7 Å². The van der Waals surface area contributed by atoms with Gasteiger partial charge in [-0.3, -0.25) is 9.59 Å². The first-order valence-electron chi connectivity index (χ1n) is 7.82. The monoisotopic (exact) mass is 341 g/mol. The van der Waals surface area contributed by atoms with Crippen LogP contribution in [0.15, 0.2) is 24.3 Å². The van der Waals surface area contributed by atoms with Gasteiger partial charge in [-0.25, -0.2) is 0 Å². The number of carbonyl (C=O) groups excluding carboxylic acids is 2. The molecule has 1 unspecified atom stereocenters. The molecule has 2 amide bonds. The molecule has 1 rings (SSSR count). The molecular weight excluding hydrogens is 314 g/mol. The number of rotatable bonds is 8. The smallest absolute Gasteiger partial charge is 0.252 e. The summed E-state index contributed by atoms with van der Waals surface area (Å²) in [5, 5.41) is 8.84. The zero-order chi connectivity index (χ0) is 16.5. The van der Waals surface area contributed by atoms with E-state index in [1.54, 1.807) is 6.07 Å². The van der Waals surface area contributed by atoms with Gasteiger partial charge in [-0.1, -0.05) is 39.0 Å². The molecule has 0 heterocycles. The van der Waals surface area contributed by atoms with Gasteiger partial charge in [0, 0.05) is 18.7 Å². The summed E-state index contributed by atoms with van der Waals surface area (Å²) < 4.78 is 0. The molecule has 3 N–H and O–H groups in total. The van der Waals surface area contributed by atoms with Crippen LogP contribution >= 0.6 is 12.4 Å². The lowest BCUT2D eigenvalue weighted by molar-refractivity contribution is -0.123. The average molecular weight is 342 g/mol. The molecule has 23 heavy (non-hydrogen) atoms. The summed E-state index contributed by atoms with van der Waals surface area (Å²) in [7, 11) is 0. The van der Waals surface area contributed by atoms with Gasteiger partial charge >= 0.3 is 0 Å². The fraction of sp³-hybridized carbons (Fsp3) is 0.529. The number of benzene rings is 1. The summed E-state index contributed by atoms with van der Waals surface area (Å²) in [6, 6.07) is 6.83. The third-order valence-electron chi connectivity index (χ3n) is 3.48. The maximum Gasteiger partial charge on any atom is 0.252 e. The highest BCUT2D eigenvalue weighted by Gasteiger charge is 2.24. The van der Waals surface area contributed by atoms with E-state index in [9.17, 15) is 9.59 Å². The zero-order valence-electron chi connectivity index (χ0n) is 14.3. The van der Waals surface area contributed by atoms with Crippen molar-refractivity contribution in [3.8, 4) is 0 Å². The molecular formula is C17H28ClN3O2. The highest BCUT2D eigenvalue weighted by Crippen LogP contribution is 2.09. The van der Waals surface area contributed by atoms with E-state index >= 15 is 0 Å². The first-order valence-corrected chi connectivity index (χ1v) is 7.82. The van der Waals surface area contributed by atoms with Crippen LogP contribution < -0.4 is 16.0 Å². The van der Waals surface area contributed by atoms with E-state index in [-0.39, 0.29) is 30.1 Å². The van der Waals surface area contributed by atoms with Crippen molar-refractivity contribution < 1.29 is 9.59 Å². The van der Waals surface area contributed by atoms with Crippen molar-refractivity contribution in [1.82, 2.24) is 16.0 Å². The Kier molecular flexibility index (Phi) is 10.3. The van der Waals surface area contributed by atoms with Gasteiger partial charge in [0.2, 0.25) is 5.91 Å². The molecule has 0 radical (unpaired) electrons. The molecule has 0 aliphatic rings. The molecule has 0 aromatic heterocycles. The summed E-state index contributed by atoms with van der Waals surface area (Å²) in [5.41, 5.74) is 1.50. The molecule has 0 spiro atoms. The number of hydrogen-bond donors (Lipinski definition) is 3. The summed E-state index contributed by atoms with van der Waals surface area (Å²) in [4.78, 5) is 24.6. The van der Waals surface area contributed by atoms with E-state index in [1.807, 2.05) is 45.9 Å². The Morgan fingerprint density at radius 1 is 1.13 bits per heavy atom. The van der Waals surface area contributed by atoms with Gasteiger partial charge < -0.3 is 16.0 Å². The van der Waals surface area contributed by atoms with Crippen LogP contribution in [-0.2, 0) is 4.79 Å². The maximum atomic E-state index is 12.4. The van der Waals surface area contributed by atoms with E-state index in [4.69, 9.17) is 0 Å². The Bertz CT molecular complexity index is 506. The first kappa shape index (κ1) is 21.4. The van der Waals surface area contributed by atoms with Crippen LogP contribution in [0.25, 0.3) is 0 Å². The summed E-state index contributed by atoms with van der Waals surface area (Å²) in [6.07, 6.45) is 0. The van der Waals surface area contributed by atoms with Crippen molar-refractivity contribution in [2.75, 3.05) is 19.6 Å². The van der Waals surface area contributed by atoms with E-state index < -0.39 is 6.04 Å². The fourth-order valence-corrected chi connectivity index (χ4v) is 2.14. The minimum atomic E-state index is -0.534. The van der Waals surface area contributed by atoms with Crippen molar-refractivity contribution in [2.24, 2.45) is 5.92 Å². The Balaban J connectivity index is 0.00000484. The lowest BCUT2D eigenvalue weighted by atomic mass is 10.0. The molecule has 1 aromatic carbocycles. The Morgan fingerprint density at radius 2 is 1.78 bits per heavy atom. The molecule has 5 nitrogen and oxygen atoms in total. The molecule has 0 aliphatic carbocycles. The topological polar surface area (TPSA) is 70.2 Å². The quantitative estimate of drug-likeness (QED) is 0.632. The maximum absolute atomic E-state index is 12.4. The number of aryl methyl sites for hydroxylation is 1. The molecule has 0 saturated heterocycles. The summed E-state index contributed by atoms with van der Waals surface area (Å²) >= 11 is 0. The molecule has 0 aliphatic heterocycles. The van der Waals surface area contributed by atoms with E-state index in [2.05, 4.69) is 16.0 Å². The SMILES string of the molecule is CCNCCNC(=O)C(NC(=O)c1ccccc1C)C(C)C.Cl. The predicted molar refractivity (Wildman–Crippen MR) is 96.1 cm³/mol. The van der Waals surface area contributed by atoms with Gasteiger partial charge in [0.15, 0.2) is 0 Å². The van der Waals surface area contributed by atoms with Crippen LogP contribution in [-0.4, -0.2) is 37.5 Å². The van der Waals surface area contributed by atoms with Crippen molar-refractivity contribution in [2.45, 2.75) is 33.7 Å². The number of likely N-dealkylation sites (N-methyl/N-ethyl adjacent to an activating group) is 1. The number of hydrogen-bond acceptors (Lipinski definition) is 3. The average Bonchev–Trinajstić information content (AvgIpc) is 2.49. The minimum absolute atomic E-state index is 0. The summed E-state index contributed by atoms with van der Waals surface area (Å²) in [6.45, 7) is 9.89. The summed E-state index contributed by atoms with van der Waals surface area (Å²) in [5.74, 6) is -0.333. The van der Waals surface area contributed by atoms with Crippen LogP contribution in [0.1, 0.15) is 36.7 Å². The Morgan fingerprint density at radius 3 is 2.35 bits per heavy atom. The third kappa shape index (κ3) is 7.01. The largest absolute Gasteiger partial charge is 0.353 e. The van der Waals surface area contributed by atoms with E-state index in [0.29, 0.717) is 12.1 Å². The van der Waals surface area contributed by atoms with Gasteiger partial charge in [-0.15, -0.1) is 12.4 Å².